The molecule has 0 saturated carbocycles. The Morgan fingerprint density at radius 2 is 2.06 bits per heavy atom. The van der Waals surface area contributed by atoms with Crippen LogP contribution in [-0.4, -0.2) is 11.0 Å². The number of hydrogen-bond acceptors (Lipinski definition) is 3. The smallest absolute Gasteiger partial charge is 0.312 e. The third-order valence-corrected chi connectivity index (χ3v) is 2.81. The lowest BCUT2D eigenvalue weighted by Crippen LogP contribution is -2.09. The monoisotopic (exact) mass is 243 g/mol. The Balaban J connectivity index is 2.38. The number of aryl methyl sites for hydroxylation is 1. The van der Waals surface area contributed by atoms with E-state index in [1.165, 1.54) is 0 Å². The molecule has 0 amide bonds. The molecule has 0 bridgehead atoms. The molecule has 0 saturated heterocycles. The lowest BCUT2D eigenvalue weighted by Gasteiger charge is -2.09. The first-order valence-electron chi connectivity index (χ1n) is 6.34. The SMILES string of the molecule is CCCC(=O)Oc1nc2ccccc2cc1CC. The van der Waals surface area contributed by atoms with Gasteiger partial charge < -0.3 is 4.74 Å². The first-order valence-corrected chi connectivity index (χ1v) is 6.34. The van der Waals surface area contributed by atoms with Crippen molar-refractivity contribution in [2.24, 2.45) is 0 Å². The number of para-hydroxylation sites is 1. The van der Waals surface area contributed by atoms with Crippen LogP contribution in [0.5, 0.6) is 5.88 Å². The highest BCUT2D eigenvalue weighted by Crippen LogP contribution is 2.23. The predicted octanol–water partition coefficient (Wildman–Crippen LogP) is 3.50. The Bertz CT molecular complexity index is 563. The Morgan fingerprint density at radius 3 is 2.78 bits per heavy atom. The van der Waals surface area contributed by atoms with E-state index in [-0.39, 0.29) is 5.97 Å². The number of hydrogen-bond donors (Lipinski definition) is 0. The molecule has 0 atom stereocenters. The van der Waals surface area contributed by atoms with E-state index < -0.39 is 0 Å². The van der Waals surface area contributed by atoms with E-state index in [4.69, 9.17) is 4.74 Å². The summed E-state index contributed by atoms with van der Waals surface area (Å²) in [6.07, 6.45) is 2.01. The third-order valence-electron chi connectivity index (χ3n) is 2.81. The van der Waals surface area contributed by atoms with Gasteiger partial charge in [0, 0.05) is 17.4 Å². The van der Waals surface area contributed by atoms with E-state index in [1.807, 2.05) is 44.2 Å². The number of esters is 1. The molecule has 0 radical (unpaired) electrons. The molecule has 0 N–H and O–H groups in total. The molecule has 3 nitrogen and oxygen atoms in total. The Kier molecular flexibility index (Phi) is 3.92. The summed E-state index contributed by atoms with van der Waals surface area (Å²) in [5.74, 6) is 0.240. The fourth-order valence-corrected chi connectivity index (χ4v) is 1.85. The zero-order valence-electron chi connectivity index (χ0n) is 10.8. The van der Waals surface area contributed by atoms with Crippen molar-refractivity contribution in [3.63, 3.8) is 0 Å². The van der Waals surface area contributed by atoms with Crippen LogP contribution in [0.25, 0.3) is 10.9 Å². The standard InChI is InChI=1S/C15H17NO2/c1-3-7-14(17)18-15-11(4-2)10-12-8-5-6-9-13(12)16-15/h5-6,8-10H,3-4,7H2,1-2H3. The maximum atomic E-state index is 11.6. The zero-order chi connectivity index (χ0) is 13.0. The second kappa shape index (κ2) is 5.63. The van der Waals surface area contributed by atoms with Crippen LogP contribution in [0.1, 0.15) is 32.3 Å². The Hall–Kier alpha value is -1.90. The third kappa shape index (κ3) is 2.67. The van der Waals surface area contributed by atoms with Crippen molar-refractivity contribution in [1.82, 2.24) is 4.98 Å². The van der Waals surface area contributed by atoms with Crippen LogP contribution in [-0.2, 0) is 11.2 Å². The number of carbonyl (C=O) groups excluding carboxylic acids is 1. The average Bonchev–Trinajstić information content (AvgIpc) is 2.38. The molecule has 2 rings (SSSR count). The van der Waals surface area contributed by atoms with Crippen LogP contribution in [0.15, 0.2) is 30.3 Å². The summed E-state index contributed by atoms with van der Waals surface area (Å²) in [5.41, 5.74) is 1.83. The fourth-order valence-electron chi connectivity index (χ4n) is 1.85. The predicted molar refractivity (Wildman–Crippen MR) is 71.7 cm³/mol. The summed E-state index contributed by atoms with van der Waals surface area (Å²) < 4.78 is 5.33. The van der Waals surface area contributed by atoms with Crippen molar-refractivity contribution < 1.29 is 9.53 Å². The summed E-state index contributed by atoms with van der Waals surface area (Å²) in [6, 6.07) is 9.88. The van der Waals surface area contributed by atoms with E-state index in [9.17, 15) is 4.79 Å². The van der Waals surface area contributed by atoms with E-state index >= 15 is 0 Å². The second-order valence-corrected chi connectivity index (χ2v) is 4.22. The molecule has 0 aliphatic heterocycles. The number of benzene rings is 1. The zero-order valence-corrected chi connectivity index (χ0v) is 10.8. The normalized spacial score (nSPS) is 10.6. The van der Waals surface area contributed by atoms with Gasteiger partial charge in [0.25, 0.3) is 0 Å². The van der Waals surface area contributed by atoms with Crippen molar-refractivity contribution in [2.45, 2.75) is 33.1 Å². The average molecular weight is 243 g/mol. The molecule has 0 spiro atoms. The summed E-state index contributed by atoms with van der Waals surface area (Å²) in [7, 11) is 0. The maximum Gasteiger partial charge on any atom is 0.312 e. The highest BCUT2D eigenvalue weighted by atomic mass is 16.5. The van der Waals surface area contributed by atoms with Gasteiger partial charge in [0.1, 0.15) is 0 Å². The van der Waals surface area contributed by atoms with Gasteiger partial charge in [0.2, 0.25) is 5.88 Å². The molecule has 2 aromatic rings. The van der Waals surface area contributed by atoms with Crippen LogP contribution in [0.3, 0.4) is 0 Å². The molecule has 1 heterocycles. The Morgan fingerprint density at radius 1 is 1.28 bits per heavy atom. The highest BCUT2D eigenvalue weighted by Gasteiger charge is 2.10. The van der Waals surface area contributed by atoms with Crippen molar-refractivity contribution in [3.8, 4) is 5.88 Å². The van der Waals surface area contributed by atoms with Crippen molar-refractivity contribution in [1.29, 1.82) is 0 Å². The van der Waals surface area contributed by atoms with Crippen LogP contribution >= 0.6 is 0 Å². The van der Waals surface area contributed by atoms with Crippen molar-refractivity contribution in [3.05, 3.63) is 35.9 Å². The second-order valence-electron chi connectivity index (χ2n) is 4.22. The number of ether oxygens (including phenoxy) is 1. The van der Waals surface area contributed by atoms with Crippen LogP contribution < -0.4 is 4.74 Å². The largest absolute Gasteiger partial charge is 0.407 e. The molecule has 0 aliphatic rings. The topological polar surface area (TPSA) is 39.2 Å². The molecule has 0 unspecified atom stereocenters. The summed E-state index contributed by atoms with van der Waals surface area (Å²) in [6.45, 7) is 3.98. The first-order chi connectivity index (χ1) is 8.74. The van der Waals surface area contributed by atoms with Gasteiger partial charge in [0.15, 0.2) is 0 Å². The van der Waals surface area contributed by atoms with Crippen LogP contribution in [0.2, 0.25) is 0 Å². The molecular weight excluding hydrogens is 226 g/mol. The minimum Gasteiger partial charge on any atom is -0.407 e. The molecule has 1 aromatic carbocycles. The molecule has 94 valence electrons. The fraction of sp³-hybridized carbons (Fsp3) is 0.333. The van der Waals surface area contributed by atoms with E-state index in [2.05, 4.69) is 4.98 Å². The van der Waals surface area contributed by atoms with Crippen molar-refractivity contribution in [2.75, 3.05) is 0 Å². The lowest BCUT2D eigenvalue weighted by atomic mass is 10.1. The van der Waals surface area contributed by atoms with Gasteiger partial charge in [-0.3, -0.25) is 4.79 Å². The first kappa shape index (κ1) is 12.6. The maximum absolute atomic E-state index is 11.6. The van der Waals surface area contributed by atoms with Gasteiger partial charge in [-0.15, -0.1) is 0 Å². The highest BCUT2D eigenvalue weighted by molar-refractivity contribution is 5.81. The van der Waals surface area contributed by atoms with Gasteiger partial charge in [-0.25, -0.2) is 4.98 Å². The summed E-state index contributed by atoms with van der Waals surface area (Å²) in [4.78, 5) is 16.0. The molecule has 3 heteroatoms. The number of pyridine rings is 1. The number of fused-ring (bicyclic) bond motifs is 1. The van der Waals surface area contributed by atoms with E-state index in [0.29, 0.717) is 12.3 Å². The van der Waals surface area contributed by atoms with Crippen LogP contribution in [0.4, 0.5) is 0 Å². The molecule has 18 heavy (non-hydrogen) atoms. The van der Waals surface area contributed by atoms with Crippen molar-refractivity contribution >= 4 is 16.9 Å². The molecule has 1 aromatic heterocycles. The van der Waals surface area contributed by atoms with E-state index in [1.54, 1.807) is 0 Å². The number of aromatic nitrogens is 1. The van der Waals surface area contributed by atoms with Gasteiger partial charge in [-0.1, -0.05) is 32.0 Å². The molecule has 0 aliphatic carbocycles. The molecular formula is C15H17NO2. The molecule has 0 fully saturated rings. The lowest BCUT2D eigenvalue weighted by molar-refractivity contribution is -0.134. The number of carbonyl (C=O) groups is 1. The number of nitrogens with zero attached hydrogens (tertiary/aromatic N) is 1. The minimum absolute atomic E-state index is 0.213. The van der Waals surface area contributed by atoms with Gasteiger partial charge in [0.05, 0.1) is 5.52 Å². The van der Waals surface area contributed by atoms with Gasteiger partial charge in [-0.05, 0) is 25.0 Å². The Labute approximate surface area is 107 Å². The minimum atomic E-state index is -0.213. The summed E-state index contributed by atoms with van der Waals surface area (Å²) in [5, 5.41) is 1.07. The summed E-state index contributed by atoms with van der Waals surface area (Å²) >= 11 is 0. The van der Waals surface area contributed by atoms with E-state index in [0.717, 1.165) is 29.3 Å². The number of rotatable bonds is 4. The van der Waals surface area contributed by atoms with Crippen LogP contribution in [0, 0.1) is 0 Å². The quantitative estimate of drug-likeness (QED) is 0.771. The van der Waals surface area contributed by atoms with Gasteiger partial charge in [-0.2, -0.15) is 0 Å². The van der Waals surface area contributed by atoms with Gasteiger partial charge >= 0.3 is 5.97 Å².